The number of fused-ring (bicyclic) bond motifs is 2. The third-order valence-corrected chi connectivity index (χ3v) is 15.0. The summed E-state index contributed by atoms with van der Waals surface area (Å²) in [6, 6.07) is 7.43. The number of pyridine rings is 1. The van der Waals surface area contributed by atoms with Crippen molar-refractivity contribution in [2.45, 2.75) is 122 Å². The van der Waals surface area contributed by atoms with E-state index in [-0.39, 0.29) is 21.5 Å². The van der Waals surface area contributed by atoms with Crippen molar-refractivity contribution < 1.29 is 82.4 Å². The number of carbonyl (C=O) groups excluding carboxylic acids is 4. The number of nitrogens with one attached hydrogen (secondary N) is 4. The van der Waals surface area contributed by atoms with E-state index in [1.54, 1.807) is 18.3 Å². The number of nitrogens with zero attached hydrogens (tertiary/aromatic N) is 6. The molecule has 3 fully saturated rings. The van der Waals surface area contributed by atoms with Crippen LogP contribution in [0.3, 0.4) is 0 Å². The van der Waals surface area contributed by atoms with E-state index in [1.807, 2.05) is 29.0 Å². The fourth-order valence-corrected chi connectivity index (χ4v) is 9.79. The zero-order valence-corrected chi connectivity index (χ0v) is 45.5. The standard InChI is InChI=1S/C54H62F10N10O8/c1-29-18-43(71-23-34-14-15-35(24-71)74(34)36-27-81-28-36)66-22-32(29)13-12-30-8-10-31(11-9-30)19-41(67-46(76)44(68-50(79)80-7)51(2,3)53(59,60)61)42(75)26-72(70-47(77)45(82-49(78)65-6)52(4,5)54(62,63)64)25-37-38(55)20-33(21-39(37)56)40-16-17-73(69-40)48(57)58/h8-11,16-18,20-22,34-36,41-42,44-45,48,75H,14-15,19,23-28H2,1-7H3,(H,65,78)(H,67,76)(H,68,79)(H,70,77)/t34-,35-,41-,42-,44+,45+/m0/s1. The Morgan fingerprint density at radius 1 is 0.854 bits per heavy atom. The van der Waals surface area contributed by atoms with Crippen molar-refractivity contribution in [2.24, 2.45) is 10.8 Å². The molecule has 0 radical (unpaired) electrons. The molecule has 6 atom stereocenters. The average Bonchev–Trinajstić information content (AvgIpc) is 3.00. The van der Waals surface area contributed by atoms with Crippen LogP contribution in [0, 0.1) is 41.2 Å². The first-order chi connectivity index (χ1) is 38.4. The number of hydrazine groups is 1. The molecule has 2 bridgehead atoms. The number of hydrogen-bond donors (Lipinski definition) is 5. The van der Waals surface area contributed by atoms with Gasteiger partial charge in [0.05, 0.1) is 49.6 Å². The number of aliphatic hydroxyl groups is 1. The monoisotopic (exact) mass is 1170 g/mol. The van der Waals surface area contributed by atoms with Gasteiger partial charge in [0.15, 0.2) is 6.10 Å². The number of ether oxygens (including phenoxy) is 3. The number of aliphatic hydroxyl groups excluding tert-OH is 1. The van der Waals surface area contributed by atoms with Gasteiger partial charge in [0.2, 0.25) is 5.91 Å². The maximum Gasteiger partial charge on any atom is 0.407 e. The Bertz CT molecular complexity index is 2980. The molecule has 2 aromatic heterocycles. The van der Waals surface area contributed by atoms with E-state index in [9.17, 15) is 59.4 Å². The topological polar surface area (TPSA) is 205 Å². The summed E-state index contributed by atoms with van der Waals surface area (Å²) in [5.74, 6) is 0.823. The third-order valence-electron chi connectivity index (χ3n) is 15.0. The van der Waals surface area contributed by atoms with Crippen molar-refractivity contribution in [3.63, 3.8) is 0 Å². The first-order valence-electron chi connectivity index (χ1n) is 25.8. The number of halogens is 10. The first kappa shape index (κ1) is 62.4. The van der Waals surface area contributed by atoms with Crippen LogP contribution in [0.15, 0.2) is 60.9 Å². The van der Waals surface area contributed by atoms with Crippen LogP contribution in [0.1, 0.15) is 74.9 Å². The predicted octanol–water partition coefficient (Wildman–Crippen LogP) is 6.93. The summed E-state index contributed by atoms with van der Waals surface area (Å²) in [6.45, 7) is 1.85. The highest BCUT2D eigenvalue weighted by Gasteiger charge is 2.58. The van der Waals surface area contributed by atoms with Crippen LogP contribution < -0.4 is 26.3 Å². The number of methoxy groups -OCH3 is 1. The van der Waals surface area contributed by atoms with Crippen molar-refractivity contribution in [2.75, 3.05) is 51.9 Å². The molecule has 4 amide bonds. The Morgan fingerprint density at radius 3 is 2.00 bits per heavy atom. The smallest absolute Gasteiger partial charge is 0.407 e. The number of amides is 4. The molecule has 0 saturated carbocycles. The van der Waals surface area contributed by atoms with E-state index in [0.717, 1.165) is 76.9 Å². The van der Waals surface area contributed by atoms with Crippen molar-refractivity contribution in [3.05, 3.63) is 100 Å². The molecule has 0 unspecified atom stereocenters. The average molecular weight is 1170 g/mol. The lowest BCUT2D eigenvalue weighted by Crippen LogP contribution is -2.62. The van der Waals surface area contributed by atoms with Gasteiger partial charge in [0.25, 0.3) is 5.91 Å². The van der Waals surface area contributed by atoms with Crippen LogP contribution in [0.2, 0.25) is 0 Å². The van der Waals surface area contributed by atoms with Crippen molar-refractivity contribution in [3.8, 4) is 23.1 Å². The highest BCUT2D eigenvalue weighted by atomic mass is 19.4. The summed E-state index contributed by atoms with van der Waals surface area (Å²) >= 11 is 0. The second kappa shape index (κ2) is 25.1. The molecule has 3 aliphatic rings. The lowest BCUT2D eigenvalue weighted by Gasteiger charge is -2.48. The Kier molecular flexibility index (Phi) is 19.1. The highest BCUT2D eigenvalue weighted by molar-refractivity contribution is 5.87. The van der Waals surface area contributed by atoms with Crippen LogP contribution in [0.25, 0.3) is 11.3 Å². The van der Waals surface area contributed by atoms with Crippen LogP contribution in [-0.4, -0.2) is 156 Å². The number of aromatic nitrogens is 3. The maximum absolute atomic E-state index is 16.1. The number of hydrogen-bond acceptors (Lipinski definition) is 13. The van der Waals surface area contributed by atoms with Gasteiger partial charge in [-0.2, -0.15) is 40.2 Å². The normalized spacial score (nSPS) is 18.4. The summed E-state index contributed by atoms with van der Waals surface area (Å²) in [4.78, 5) is 62.5. The lowest BCUT2D eigenvalue weighted by atomic mass is 9.82. The summed E-state index contributed by atoms with van der Waals surface area (Å²) in [5, 5.41) is 22.2. The summed E-state index contributed by atoms with van der Waals surface area (Å²) in [6.07, 6.45) is -14.1. The molecular weight excluding hydrogens is 1110 g/mol. The molecule has 5 heterocycles. The zero-order valence-electron chi connectivity index (χ0n) is 45.5. The molecule has 2 aromatic carbocycles. The fraction of sp³-hybridized carbons (Fsp3) is 0.519. The Labute approximate surface area is 465 Å². The number of benzene rings is 2. The fourth-order valence-electron chi connectivity index (χ4n) is 9.79. The zero-order chi connectivity index (χ0) is 60.2. The van der Waals surface area contributed by atoms with Crippen molar-refractivity contribution in [1.82, 2.24) is 46.0 Å². The van der Waals surface area contributed by atoms with Gasteiger partial charge in [-0.1, -0.05) is 24.0 Å². The molecule has 5 N–H and O–H groups in total. The number of rotatable bonds is 19. The molecule has 0 aliphatic carbocycles. The Morgan fingerprint density at radius 2 is 1.48 bits per heavy atom. The third kappa shape index (κ3) is 14.2. The van der Waals surface area contributed by atoms with E-state index in [0.29, 0.717) is 74.1 Å². The van der Waals surface area contributed by atoms with E-state index in [2.05, 4.69) is 36.8 Å². The van der Waals surface area contributed by atoms with Gasteiger partial charge in [-0.15, -0.1) is 0 Å². The number of piperazine rings is 1. The number of alkyl halides is 8. The minimum atomic E-state index is -5.27. The van der Waals surface area contributed by atoms with Gasteiger partial charge in [-0.3, -0.25) is 19.9 Å². The molecule has 82 heavy (non-hydrogen) atoms. The van der Waals surface area contributed by atoms with Gasteiger partial charge < -0.3 is 40.2 Å². The number of carbonyl (C=O) groups is 4. The molecule has 7 rings (SSSR count). The second-order valence-corrected chi connectivity index (χ2v) is 21.4. The molecule has 28 heteroatoms. The largest absolute Gasteiger partial charge is 0.453 e. The number of anilines is 1. The predicted molar refractivity (Wildman–Crippen MR) is 274 cm³/mol. The molecule has 446 valence electrons. The van der Waals surface area contributed by atoms with Crippen LogP contribution in [0.4, 0.5) is 59.3 Å². The Balaban J connectivity index is 1.19. The van der Waals surface area contributed by atoms with Gasteiger partial charge in [0, 0.05) is 80.0 Å². The SMILES string of the molecule is CNC(=O)O[C@H](C(=O)NN(Cc1c(F)cc(-c2ccn(C(F)F)n2)cc1F)C[C@H](O)[C@H](Cc1ccc(C#Cc2cnc(N3C[C@@H]4CC[C@@H](C3)N4C3COC3)cc2C)cc1)NC(=O)[C@@H](NC(=O)OC)C(C)(C)C(F)(F)F)C(C)(C)C(F)(F)F. The van der Waals surface area contributed by atoms with Crippen LogP contribution in [0.5, 0.6) is 0 Å². The summed E-state index contributed by atoms with van der Waals surface area (Å²) in [5.41, 5.74) is -3.62. The second-order valence-electron chi connectivity index (χ2n) is 21.4. The lowest BCUT2D eigenvalue weighted by molar-refractivity contribution is -0.239. The summed E-state index contributed by atoms with van der Waals surface area (Å²) < 4.78 is 161. The minimum absolute atomic E-state index is 0.198. The number of aryl methyl sites for hydroxylation is 1. The van der Waals surface area contributed by atoms with Gasteiger partial charge in [-0.05, 0) is 101 Å². The molecule has 4 aromatic rings. The molecule has 3 aliphatic heterocycles. The molecule has 18 nitrogen and oxygen atoms in total. The molecule has 0 spiro atoms. The van der Waals surface area contributed by atoms with E-state index >= 15 is 8.78 Å². The first-order valence-corrected chi connectivity index (χ1v) is 25.8. The molecule has 3 saturated heterocycles. The van der Waals surface area contributed by atoms with Crippen LogP contribution >= 0.6 is 0 Å². The van der Waals surface area contributed by atoms with E-state index in [4.69, 9.17) is 14.5 Å². The van der Waals surface area contributed by atoms with Crippen molar-refractivity contribution >= 4 is 29.8 Å². The number of alkyl carbamates (subject to hydrolysis) is 2. The van der Waals surface area contributed by atoms with Gasteiger partial charge in [-0.25, -0.2) is 33.0 Å². The quantitative estimate of drug-likeness (QED) is 0.0368. The maximum atomic E-state index is 16.1. The highest BCUT2D eigenvalue weighted by Crippen LogP contribution is 2.43. The van der Waals surface area contributed by atoms with Gasteiger partial charge in [0.1, 0.15) is 28.9 Å². The Hall–Kier alpha value is -7.22. The van der Waals surface area contributed by atoms with Crippen LogP contribution in [-0.2, 0) is 36.8 Å². The minimum Gasteiger partial charge on any atom is -0.453 e. The van der Waals surface area contributed by atoms with Crippen molar-refractivity contribution in [1.29, 1.82) is 0 Å². The van der Waals surface area contributed by atoms with E-state index in [1.165, 1.54) is 12.1 Å². The van der Waals surface area contributed by atoms with E-state index < -0.39 is 115 Å². The summed E-state index contributed by atoms with van der Waals surface area (Å²) in [7, 11) is 1.79. The molecular formula is C54H62F10N10O8. The van der Waals surface area contributed by atoms with Gasteiger partial charge >= 0.3 is 31.1 Å².